The fourth-order valence-corrected chi connectivity index (χ4v) is 3.32. The van der Waals surface area contributed by atoms with E-state index in [-0.39, 0.29) is 18.0 Å². The summed E-state index contributed by atoms with van der Waals surface area (Å²) >= 11 is 0. The van der Waals surface area contributed by atoms with Crippen molar-refractivity contribution in [2.75, 3.05) is 13.6 Å². The Morgan fingerprint density at radius 3 is 2.80 bits per heavy atom. The third-order valence-electron chi connectivity index (χ3n) is 4.41. The second-order valence-electron chi connectivity index (χ2n) is 5.77. The van der Waals surface area contributed by atoms with Crippen LogP contribution in [0.3, 0.4) is 0 Å². The van der Waals surface area contributed by atoms with Crippen LogP contribution in [0.2, 0.25) is 0 Å². The Labute approximate surface area is 123 Å². The van der Waals surface area contributed by atoms with E-state index in [1.54, 1.807) is 4.52 Å². The van der Waals surface area contributed by atoms with Gasteiger partial charge < -0.3 is 4.90 Å². The molecule has 2 aromatic heterocycles. The van der Waals surface area contributed by atoms with Crippen LogP contribution < -0.4 is 5.56 Å². The van der Waals surface area contributed by atoms with Gasteiger partial charge in [0.25, 0.3) is 5.56 Å². The standard InChI is InChI=1S/C14H18N4O.ClH/c1-17-7-6-12-10(8-17)13-15-11-5-3-2-4-9(11)14(19)18(13)16-12;/h16H,2-8H2,1H3;1H. The van der Waals surface area contributed by atoms with Crippen LogP contribution in [0, 0.1) is 0 Å². The van der Waals surface area contributed by atoms with Crippen molar-refractivity contribution in [3.05, 3.63) is 32.9 Å². The van der Waals surface area contributed by atoms with Crippen molar-refractivity contribution in [2.24, 2.45) is 0 Å². The lowest BCUT2D eigenvalue weighted by Crippen LogP contribution is -2.26. The van der Waals surface area contributed by atoms with Crippen LogP contribution in [-0.4, -0.2) is 33.1 Å². The second-order valence-corrected chi connectivity index (χ2v) is 5.77. The van der Waals surface area contributed by atoms with Gasteiger partial charge in [-0.05, 0) is 32.7 Å². The van der Waals surface area contributed by atoms with Crippen LogP contribution in [0.5, 0.6) is 0 Å². The summed E-state index contributed by atoms with van der Waals surface area (Å²) in [7, 11) is 2.11. The van der Waals surface area contributed by atoms with Gasteiger partial charge in [-0.2, -0.15) is 0 Å². The van der Waals surface area contributed by atoms with E-state index in [1.807, 2.05) is 0 Å². The van der Waals surface area contributed by atoms with Gasteiger partial charge >= 0.3 is 0 Å². The van der Waals surface area contributed by atoms with Gasteiger partial charge in [0.05, 0.1) is 5.69 Å². The van der Waals surface area contributed by atoms with Crippen molar-refractivity contribution in [3.8, 4) is 0 Å². The number of aromatic nitrogens is 3. The molecule has 0 bridgehead atoms. The molecule has 0 fully saturated rings. The average Bonchev–Trinajstić information content (AvgIpc) is 2.78. The summed E-state index contributed by atoms with van der Waals surface area (Å²) in [4.78, 5) is 19.6. The number of fused-ring (bicyclic) bond motifs is 4. The zero-order valence-corrected chi connectivity index (χ0v) is 12.4. The molecule has 5 nitrogen and oxygen atoms in total. The molecule has 108 valence electrons. The Kier molecular flexibility index (Phi) is 3.34. The van der Waals surface area contributed by atoms with Gasteiger partial charge in [-0.25, -0.2) is 9.50 Å². The molecule has 6 heteroatoms. The molecule has 1 N–H and O–H groups in total. The predicted molar refractivity (Wildman–Crippen MR) is 79.7 cm³/mol. The van der Waals surface area contributed by atoms with E-state index in [1.165, 1.54) is 11.3 Å². The topological polar surface area (TPSA) is 53.4 Å². The molecular formula is C14H19ClN4O. The maximum Gasteiger partial charge on any atom is 0.276 e. The molecule has 0 amide bonds. The highest BCUT2D eigenvalue weighted by molar-refractivity contribution is 5.85. The average molecular weight is 295 g/mol. The minimum absolute atomic E-state index is 0. The number of aryl methyl sites for hydroxylation is 1. The first kappa shape index (κ1) is 13.6. The molecule has 2 aliphatic rings. The highest BCUT2D eigenvalue weighted by Gasteiger charge is 2.23. The number of aromatic amines is 1. The number of hydrogen-bond acceptors (Lipinski definition) is 3. The molecule has 1 aliphatic carbocycles. The van der Waals surface area contributed by atoms with Crippen molar-refractivity contribution in [2.45, 2.75) is 38.6 Å². The van der Waals surface area contributed by atoms with E-state index in [0.29, 0.717) is 0 Å². The summed E-state index contributed by atoms with van der Waals surface area (Å²) in [6.07, 6.45) is 5.07. The summed E-state index contributed by atoms with van der Waals surface area (Å²) in [6, 6.07) is 0. The minimum atomic E-state index is 0. The van der Waals surface area contributed by atoms with Gasteiger partial charge in [0.2, 0.25) is 0 Å². The van der Waals surface area contributed by atoms with Crippen LogP contribution in [0.15, 0.2) is 4.79 Å². The Morgan fingerprint density at radius 1 is 1.15 bits per heavy atom. The van der Waals surface area contributed by atoms with E-state index in [4.69, 9.17) is 4.98 Å². The molecule has 0 atom stereocenters. The monoisotopic (exact) mass is 294 g/mol. The Bertz CT molecular complexity index is 718. The van der Waals surface area contributed by atoms with E-state index in [0.717, 1.165) is 62.1 Å². The van der Waals surface area contributed by atoms with Gasteiger partial charge in [-0.1, -0.05) is 0 Å². The zero-order valence-electron chi connectivity index (χ0n) is 11.6. The molecule has 0 aromatic carbocycles. The van der Waals surface area contributed by atoms with E-state index < -0.39 is 0 Å². The van der Waals surface area contributed by atoms with Gasteiger partial charge in [-0.15, -0.1) is 12.4 Å². The number of nitrogens with one attached hydrogen (secondary N) is 1. The first-order valence-electron chi connectivity index (χ1n) is 7.07. The highest BCUT2D eigenvalue weighted by Crippen LogP contribution is 2.23. The molecular weight excluding hydrogens is 276 g/mol. The molecule has 2 aromatic rings. The summed E-state index contributed by atoms with van der Waals surface area (Å²) in [6.45, 7) is 1.92. The number of halogens is 1. The Balaban J connectivity index is 0.00000121. The lowest BCUT2D eigenvalue weighted by molar-refractivity contribution is 0.312. The predicted octanol–water partition coefficient (Wildman–Crippen LogP) is 1.31. The SMILES string of the molecule is CN1CCc2[nH]n3c(=O)c4c(nc3c2C1)CCCC4.Cl. The molecule has 4 rings (SSSR count). The van der Waals surface area contributed by atoms with Crippen molar-refractivity contribution in [1.29, 1.82) is 0 Å². The third kappa shape index (κ3) is 1.88. The number of nitrogens with zero attached hydrogens (tertiary/aromatic N) is 3. The van der Waals surface area contributed by atoms with Crippen LogP contribution in [0.4, 0.5) is 0 Å². The molecule has 0 radical (unpaired) electrons. The second kappa shape index (κ2) is 4.90. The fourth-order valence-electron chi connectivity index (χ4n) is 3.32. The van der Waals surface area contributed by atoms with Crippen molar-refractivity contribution >= 4 is 18.1 Å². The number of likely N-dealkylation sites (N-methyl/N-ethyl adjacent to an activating group) is 1. The molecule has 0 spiro atoms. The summed E-state index contributed by atoms with van der Waals surface area (Å²) < 4.78 is 1.67. The van der Waals surface area contributed by atoms with Crippen molar-refractivity contribution in [3.63, 3.8) is 0 Å². The number of H-pyrrole nitrogens is 1. The molecule has 0 saturated heterocycles. The fraction of sp³-hybridized carbons (Fsp3) is 0.571. The lowest BCUT2D eigenvalue weighted by Gasteiger charge is -2.21. The first-order valence-corrected chi connectivity index (χ1v) is 7.07. The maximum absolute atomic E-state index is 12.6. The minimum Gasteiger partial charge on any atom is -0.302 e. The normalized spacial score (nSPS) is 18.4. The smallest absolute Gasteiger partial charge is 0.276 e. The van der Waals surface area contributed by atoms with E-state index in [2.05, 4.69) is 17.0 Å². The lowest BCUT2D eigenvalue weighted by atomic mass is 9.97. The van der Waals surface area contributed by atoms with Crippen molar-refractivity contribution in [1.82, 2.24) is 19.5 Å². The molecule has 0 unspecified atom stereocenters. The van der Waals surface area contributed by atoms with Gasteiger partial charge in [0, 0.05) is 36.3 Å². The summed E-state index contributed by atoms with van der Waals surface area (Å²) in [5, 5.41) is 3.27. The Hall–Kier alpha value is -1.33. The quantitative estimate of drug-likeness (QED) is 0.797. The van der Waals surface area contributed by atoms with E-state index >= 15 is 0 Å². The molecule has 3 heterocycles. The third-order valence-corrected chi connectivity index (χ3v) is 4.41. The van der Waals surface area contributed by atoms with E-state index in [9.17, 15) is 4.79 Å². The summed E-state index contributed by atoms with van der Waals surface area (Å²) in [5.41, 5.74) is 5.33. The largest absolute Gasteiger partial charge is 0.302 e. The highest BCUT2D eigenvalue weighted by atomic mass is 35.5. The zero-order chi connectivity index (χ0) is 13.0. The van der Waals surface area contributed by atoms with Gasteiger partial charge in [-0.3, -0.25) is 9.89 Å². The summed E-state index contributed by atoms with van der Waals surface area (Å²) in [5.74, 6) is 0. The van der Waals surface area contributed by atoms with Crippen LogP contribution in [0.1, 0.15) is 35.4 Å². The van der Waals surface area contributed by atoms with Gasteiger partial charge in [0.1, 0.15) is 0 Å². The van der Waals surface area contributed by atoms with Crippen LogP contribution in [0.25, 0.3) is 5.65 Å². The molecule has 1 aliphatic heterocycles. The van der Waals surface area contributed by atoms with Crippen LogP contribution >= 0.6 is 12.4 Å². The maximum atomic E-state index is 12.6. The molecule has 20 heavy (non-hydrogen) atoms. The Morgan fingerprint density at radius 2 is 1.95 bits per heavy atom. The number of rotatable bonds is 0. The number of hydrogen-bond donors (Lipinski definition) is 1. The van der Waals surface area contributed by atoms with Gasteiger partial charge in [0.15, 0.2) is 5.65 Å². The first-order chi connectivity index (χ1) is 9.24. The van der Waals surface area contributed by atoms with Crippen LogP contribution in [-0.2, 0) is 25.8 Å². The molecule has 0 saturated carbocycles. The van der Waals surface area contributed by atoms with Crippen molar-refractivity contribution < 1.29 is 0 Å².